The second-order valence-electron chi connectivity index (χ2n) is 4.26. The molecule has 0 aliphatic carbocycles. The number of nitrogens with zero attached hydrogens (tertiary/aromatic N) is 1. The minimum Gasteiger partial charge on any atom is -0.390 e. The van der Waals surface area contributed by atoms with Gasteiger partial charge in [0.2, 0.25) is 0 Å². The first kappa shape index (κ1) is 13.5. The second-order valence-corrected chi connectivity index (χ2v) is 5.17. The van der Waals surface area contributed by atoms with Gasteiger partial charge in [0.25, 0.3) is 0 Å². The van der Waals surface area contributed by atoms with Crippen molar-refractivity contribution in [3.63, 3.8) is 0 Å². The fraction of sp³-hybridized carbons (Fsp3) is 0.500. The molecule has 90 valence electrons. The third-order valence-electron chi connectivity index (χ3n) is 2.29. The summed E-state index contributed by atoms with van der Waals surface area (Å²) in [6, 6.07) is 6.07. The van der Waals surface area contributed by atoms with Crippen molar-refractivity contribution in [2.75, 3.05) is 32.5 Å². The van der Waals surface area contributed by atoms with Gasteiger partial charge in [-0.25, -0.2) is 0 Å². The number of rotatable bonds is 5. The van der Waals surface area contributed by atoms with E-state index in [1.165, 1.54) is 5.56 Å². The Morgan fingerprint density at radius 1 is 1.44 bits per heavy atom. The first-order valence-electron chi connectivity index (χ1n) is 5.32. The lowest BCUT2D eigenvalue weighted by Crippen LogP contribution is -2.31. The van der Waals surface area contributed by atoms with Gasteiger partial charge in [0.05, 0.1) is 6.10 Å². The zero-order valence-corrected chi connectivity index (χ0v) is 11.6. The molecule has 0 saturated heterocycles. The van der Waals surface area contributed by atoms with E-state index in [4.69, 9.17) is 0 Å². The minimum atomic E-state index is -0.349. The van der Waals surface area contributed by atoms with E-state index in [0.717, 1.165) is 10.2 Å². The van der Waals surface area contributed by atoms with Crippen LogP contribution in [0.25, 0.3) is 0 Å². The molecule has 1 atom stereocenters. The lowest BCUT2D eigenvalue weighted by atomic mass is 10.2. The van der Waals surface area contributed by atoms with Crippen molar-refractivity contribution in [1.29, 1.82) is 0 Å². The lowest BCUT2D eigenvalue weighted by molar-refractivity contribution is 0.148. The summed E-state index contributed by atoms with van der Waals surface area (Å²) in [5.74, 6) is 0. The number of nitrogens with one attached hydrogen (secondary N) is 1. The average Bonchev–Trinajstić information content (AvgIpc) is 2.15. The summed E-state index contributed by atoms with van der Waals surface area (Å²) < 4.78 is 1.07. The second kappa shape index (κ2) is 6.23. The zero-order chi connectivity index (χ0) is 12.1. The Bertz CT molecular complexity index is 342. The number of aryl methyl sites for hydroxylation is 1. The van der Waals surface area contributed by atoms with Gasteiger partial charge in [-0.15, -0.1) is 0 Å². The minimum absolute atomic E-state index is 0.349. The van der Waals surface area contributed by atoms with Gasteiger partial charge >= 0.3 is 0 Å². The molecule has 0 aromatic heterocycles. The highest BCUT2D eigenvalue weighted by atomic mass is 79.9. The molecular weight excluding hydrogens is 268 g/mol. The van der Waals surface area contributed by atoms with E-state index >= 15 is 0 Å². The molecule has 0 heterocycles. The summed E-state index contributed by atoms with van der Waals surface area (Å²) in [7, 11) is 3.90. The predicted molar refractivity (Wildman–Crippen MR) is 71.9 cm³/mol. The van der Waals surface area contributed by atoms with Gasteiger partial charge in [0, 0.05) is 23.2 Å². The van der Waals surface area contributed by atoms with Crippen LogP contribution in [0.5, 0.6) is 0 Å². The number of halogens is 1. The van der Waals surface area contributed by atoms with Crippen LogP contribution >= 0.6 is 15.9 Å². The fourth-order valence-corrected chi connectivity index (χ4v) is 2.01. The highest BCUT2D eigenvalue weighted by Gasteiger charge is 2.06. The molecule has 16 heavy (non-hydrogen) atoms. The quantitative estimate of drug-likeness (QED) is 0.870. The Morgan fingerprint density at radius 2 is 2.12 bits per heavy atom. The summed E-state index contributed by atoms with van der Waals surface area (Å²) in [5.41, 5.74) is 2.24. The maximum atomic E-state index is 9.71. The molecule has 0 aliphatic rings. The van der Waals surface area contributed by atoms with E-state index in [-0.39, 0.29) is 6.10 Å². The zero-order valence-electron chi connectivity index (χ0n) is 10.00. The van der Waals surface area contributed by atoms with Crippen LogP contribution in [-0.4, -0.2) is 43.3 Å². The van der Waals surface area contributed by atoms with Crippen molar-refractivity contribution in [3.8, 4) is 0 Å². The third-order valence-corrected chi connectivity index (χ3v) is 2.79. The number of likely N-dealkylation sites (N-methyl/N-ethyl adjacent to an activating group) is 1. The van der Waals surface area contributed by atoms with Gasteiger partial charge in [-0.3, -0.25) is 0 Å². The first-order chi connectivity index (χ1) is 7.49. The molecule has 1 unspecified atom stereocenters. The molecular formula is C12H19BrN2O. The van der Waals surface area contributed by atoms with Gasteiger partial charge in [-0.05, 0) is 44.8 Å². The number of aliphatic hydroxyl groups excluding tert-OH is 1. The van der Waals surface area contributed by atoms with Gasteiger partial charge in [0.1, 0.15) is 0 Å². The van der Waals surface area contributed by atoms with E-state index in [1.54, 1.807) is 0 Å². The summed E-state index contributed by atoms with van der Waals surface area (Å²) in [6.45, 7) is 3.29. The smallest absolute Gasteiger partial charge is 0.0838 e. The fourth-order valence-electron chi connectivity index (χ4n) is 1.54. The van der Waals surface area contributed by atoms with Gasteiger partial charge in [0.15, 0.2) is 0 Å². The van der Waals surface area contributed by atoms with E-state index in [0.29, 0.717) is 13.1 Å². The van der Waals surface area contributed by atoms with E-state index in [2.05, 4.69) is 27.3 Å². The monoisotopic (exact) mass is 286 g/mol. The Kier molecular flexibility index (Phi) is 5.25. The van der Waals surface area contributed by atoms with Crippen LogP contribution < -0.4 is 5.32 Å². The molecule has 0 amide bonds. The largest absolute Gasteiger partial charge is 0.390 e. The highest BCUT2D eigenvalue weighted by molar-refractivity contribution is 9.10. The number of hydrogen-bond acceptors (Lipinski definition) is 3. The summed E-state index contributed by atoms with van der Waals surface area (Å²) in [4.78, 5) is 1.97. The van der Waals surface area contributed by atoms with Crippen molar-refractivity contribution in [1.82, 2.24) is 4.90 Å². The first-order valence-corrected chi connectivity index (χ1v) is 6.11. The molecule has 0 bridgehead atoms. The molecule has 2 N–H and O–H groups in total. The number of hydrogen-bond donors (Lipinski definition) is 2. The molecule has 3 nitrogen and oxygen atoms in total. The van der Waals surface area contributed by atoms with Gasteiger partial charge in [-0.2, -0.15) is 0 Å². The lowest BCUT2D eigenvalue weighted by Gasteiger charge is -2.17. The Balaban J connectivity index is 2.48. The molecule has 0 radical (unpaired) electrons. The normalized spacial score (nSPS) is 12.9. The van der Waals surface area contributed by atoms with Crippen LogP contribution in [0, 0.1) is 6.92 Å². The van der Waals surface area contributed by atoms with Crippen LogP contribution in [0.3, 0.4) is 0 Å². The van der Waals surface area contributed by atoms with Gasteiger partial charge < -0.3 is 15.3 Å². The molecule has 0 fully saturated rings. The van der Waals surface area contributed by atoms with Crippen LogP contribution in [-0.2, 0) is 0 Å². The molecule has 1 rings (SSSR count). The SMILES string of the molecule is Cc1cc(Br)ccc1NCC(O)CN(C)C. The van der Waals surface area contributed by atoms with E-state index in [1.807, 2.05) is 38.1 Å². The number of aliphatic hydroxyl groups is 1. The molecule has 0 aliphatic heterocycles. The van der Waals surface area contributed by atoms with Crippen molar-refractivity contribution in [2.45, 2.75) is 13.0 Å². The average molecular weight is 287 g/mol. The van der Waals surface area contributed by atoms with Crippen molar-refractivity contribution in [3.05, 3.63) is 28.2 Å². The van der Waals surface area contributed by atoms with Crippen molar-refractivity contribution >= 4 is 21.6 Å². The van der Waals surface area contributed by atoms with E-state index in [9.17, 15) is 5.11 Å². The Morgan fingerprint density at radius 3 is 2.69 bits per heavy atom. The van der Waals surface area contributed by atoms with E-state index < -0.39 is 0 Å². The Labute approximate surface area is 106 Å². The van der Waals surface area contributed by atoms with Crippen LogP contribution in [0.15, 0.2) is 22.7 Å². The Hall–Kier alpha value is -0.580. The summed E-state index contributed by atoms with van der Waals surface area (Å²) >= 11 is 3.43. The standard InChI is InChI=1S/C12H19BrN2O/c1-9-6-10(13)4-5-12(9)14-7-11(16)8-15(2)3/h4-6,11,14,16H,7-8H2,1-3H3. The van der Waals surface area contributed by atoms with Crippen molar-refractivity contribution < 1.29 is 5.11 Å². The van der Waals surface area contributed by atoms with Crippen LogP contribution in [0.1, 0.15) is 5.56 Å². The third kappa shape index (κ3) is 4.51. The highest BCUT2D eigenvalue weighted by Crippen LogP contribution is 2.19. The number of benzene rings is 1. The van der Waals surface area contributed by atoms with Crippen LogP contribution in [0.4, 0.5) is 5.69 Å². The predicted octanol–water partition coefficient (Wildman–Crippen LogP) is 2.09. The molecule has 4 heteroatoms. The van der Waals surface area contributed by atoms with Gasteiger partial charge in [-0.1, -0.05) is 15.9 Å². The maximum absolute atomic E-state index is 9.71. The molecule has 0 spiro atoms. The number of anilines is 1. The molecule has 1 aromatic rings. The molecule has 1 aromatic carbocycles. The van der Waals surface area contributed by atoms with Crippen molar-refractivity contribution in [2.24, 2.45) is 0 Å². The van der Waals surface area contributed by atoms with Crippen LogP contribution in [0.2, 0.25) is 0 Å². The summed E-state index contributed by atoms with van der Waals surface area (Å²) in [5, 5.41) is 13.0. The summed E-state index contributed by atoms with van der Waals surface area (Å²) in [6.07, 6.45) is -0.349. The maximum Gasteiger partial charge on any atom is 0.0838 e. The molecule has 0 saturated carbocycles. The topological polar surface area (TPSA) is 35.5 Å².